The number of rotatable bonds is 8. The van der Waals surface area contributed by atoms with Crippen LogP contribution in [-0.4, -0.2) is 8.07 Å². The van der Waals surface area contributed by atoms with Gasteiger partial charge in [-0.15, -0.1) is 0 Å². The van der Waals surface area contributed by atoms with Gasteiger partial charge in [0.2, 0.25) is 0 Å². The molecular weight excluding hydrogens is 841 g/mol. The van der Waals surface area contributed by atoms with Crippen LogP contribution in [0.4, 0.5) is 28.4 Å². The second kappa shape index (κ2) is 16.0. The topological polar surface area (TPSA) is 19.6 Å². The average molecular weight is 889 g/mol. The van der Waals surface area contributed by atoms with E-state index < -0.39 is 8.07 Å². The minimum atomic E-state index is -2.93. The molecule has 3 nitrogen and oxygen atoms in total. The number of anilines is 5. The number of allylic oxidation sites excluding steroid dienone is 4. The summed E-state index contributed by atoms with van der Waals surface area (Å²) < 4.78 is 6.44. The Morgan fingerprint density at radius 2 is 0.985 bits per heavy atom. The third-order valence-electron chi connectivity index (χ3n) is 14.6. The van der Waals surface area contributed by atoms with E-state index in [4.69, 9.17) is 4.42 Å². The molecular formula is C64H48N2OSi. The smallest absolute Gasteiger partial charge is 0.176 e. The highest BCUT2D eigenvalue weighted by atomic mass is 28.3. The molecule has 68 heavy (non-hydrogen) atoms. The minimum absolute atomic E-state index is 0.173. The van der Waals surface area contributed by atoms with E-state index in [0.717, 1.165) is 56.8 Å². The standard InChI is InChI=1S/C64H48N2OSi/c1-43-25-32-51(33-26-43)68(52-34-27-44(2)28-35-52)63-38-31-48(65(46-16-5-3-6-17-46)47-18-7-4-8-19-47)41-59(63)57-36-29-50(42-64(57)68)66(49-30-37-62-58(40-49)56-23-13-14-24-61(56)67-62)60-39-45-15-9-10-20-53(45)54-21-11-12-22-55(54)60/h3-40,42,59H,41H2,1-2H3. The van der Waals surface area contributed by atoms with E-state index in [2.05, 4.69) is 254 Å². The zero-order valence-corrected chi connectivity index (χ0v) is 39.1. The number of hydrogen-bond acceptors (Lipinski definition) is 3. The highest BCUT2D eigenvalue weighted by molar-refractivity contribution is 7.17. The number of hydrogen-bond donors (Lipinski definition) is 0. The number of nitrogens with zero attached hydrogens (tertiary/aromatic N) is 2. The van der Waals surface area contributed by atoms with Gasteiger partial charge in [-0.2, -0.15) is 0 Å². The van der Waals surface area contributed by atoms with Gasteiger partial charge in [0.05, 0.1) is 5.69 Å². The lowest BCUT2D eigenvalue weighted by atomic mass is 9.89. The molecule has 1 unspecified atom stereocenters. The van der Waals surface area contributed by atoms with Crippen LogP contribution in [0.3, 0.4) is 0 Å². The van der Waals surface area contributed by atoms with Crippen LogP contribution in [0.5, 0.6) is 0 Å². The van der Waals surface area contributed by atoms with Crippen LogP contribution in [0.15, 0.2) is 252 Å². The molecule has 0 radical (unpaired) electrons. The molecule has 0 saturated heterocycles. The lowest BCUT2D eigenvalue weighted by molar-refractivity contribution is 0.669. The second-order valence-corrected chi connectivity index (χ2v) is 22.3. The van der Waals surface area contributed by atoms with E-state index >= 15 is 0 Å². The molecule has 2 heterocycles. The van der Waals surface area contributed by atoms with Gasteiger partial charge in [-0.3, -0.25) is 0 Å². The average Bonchev–Trinajstić information content (AvgIpc) is 3.90. The lowest BCUT2D eigenvalue weighted by Gasteiger charge is -2.36. The molecule has 324 valence electrons. The van der Waals surface area contributed by atoms with Gasteiger partial charge in [0.15, 0.2) is 8.07 Å². The summed E-state index contributed by atoms with van der Waals surface area (Å²) in [6, 6.07) is 83.5. The SMILES string of the molecule is Cc1ccc([Si]2(c3ccc(C)cc3)C3=CC=C(N(c4ccccc4)c4ccccc4)CC3c3ccc(N(c4ccc5oc6ccccc6c5c4)c4cc5ccccc5c5ccccc45)cc32)cc1. The number of furan rings is 1. The van der Waals surface area contributed by atoms with Crippen LogP contribution in [0.1, 0.15) is 29.0 Å². The molecule has 11 aromatic rings. The van der Waals surface area contributed by atoms with Gasteiger partial charge >= 0.3 is 0 Å². The first-order chi connectivity index (χ1) is 33.5. The molecule has 1 aliphatic heterocycles. The predicted molar refractivity (Wildman–Crippen MR) is 289 cm³/mol. The zero-order valence-electron chi connectivity index (χ0n) is 38.1. The molecule has 1 atom stereocenters. The Hall–Kier alpha value is -8.18. The van der Waals surface area contributed by atoms with Crippen molar-refractivity contribution in [1.29, 1.82) is 0 Å². The lowest BCUT2D eigenvalue weighted by Crippen LogP contribution is -2.67. The molecule has 0 spiro atoms. The molecule has 4 heteroatoms. The van der Waals surface area contributed by atoms with E-state index in [9.17, 15) is 0 Å². The number of para-hydroxylation sites is 3. The van der Waals surface area contributed by atoms with Crippen molar-refractivity contribution >= 4 is 95.6 Å². The van der Waals surface area contributed by atoms with E-state index in [0.29, 0.717) is 0 Å². The first-order valence-electron chi connectivity index (χ1n) is 23.7. The summed E-state index contributed by atoms with van der Waals surface area (Å²) in [5, 5.41) is 12.9. The predicted octanol–water partition coefficient (Wildman–Crippen LogP) is 15.1. The molecule has 10 aromatic carbocycles. The Bertz CT molecular complexity index is 3710. The molecule has 13 rings (SSSR count). The largest absolute Gasteiger partial charge is 0.456 e. The van der Waals surface area contributed by atoms with Crippen molar-refractivity contribution in [3.05, 3.63) is 264 Å². The molecule has 0 saturated carbocycles. The Labute approximate surface area is 398 Å². The van der Waals surface area contributed by atoms with Crippen molar-refractivity contribution < 1.29 is 4.42 Å². The summed E-state index contributed by atoms with van der Waals surface area (Å²) in [6.07, 6.45) is 5.83. The molecule has 0 N–H and O–H groups in total. The summed E-state index contributed by atoms with van der Waals surface area (Å²) in [4.78, 5) is 4.98. The fourth-order valence-corrected chi connectivity index (χ4v) is 17.0. The Kier molecular flexibility index (Phi) is 9.45. The minimum Gasteiger partial charge on any atom is -0.456 e. The van der Waals surface area contributed by atoms with Crippen LogP contribution in [0.25, 0.3) is 43.5 Å². The first-order valence-corrected chi connectivity index (χ1v) is 25.7. The molecule has 2 aliphatic rings. The maximum Gasteiger partial charge on any atom is 0.176 e. The second-order valence-electron chi connectivity index (χ2n) is 18.6. The summed E-state index contributed by atoms with van der Waals surface area (Å²) in [5.41, 5.74) is 12.7. The fourth-order valence-electron chi connectivity index (χ4n) is 11.5. The number of fused-ring (bicyclic) bond motifs is 9. The van der Waals surface area contributed by atoms with Crippen LogP contribution in [0, 0.1) is 13.8 Å². The molecule has 0 amide bonds. The van der Waals surface area contributed by atoms with E-state index in [1.807, 2.05) is 6.07 Å². The quantitative estimate of drug-likeness (QED) is 0.112. The first kappa shape index (κ1) is 40.1. The summed E-state index contributed by atoms with van der Waals surface area (Å²) in [6.45, 7) is 4.41. The summed E-state index contributed by atoms with van der Waals surface area (Å²) in [5.74, 6) is 0.173. The van der Waals surface area contributed by atoms with Crippen molar-refractivity contribution in [3.8, 4) is 0 Å². The van der Waals surface area contributed by atoms with Crippen LogP contribution in [0.2, 0.25) is 0 Å². The molecule has 1 aromatic heterocycles. The van der Waals surface area contributed by atoms with E-state index in [-0.39, 0.29) is 5.92 Å². The third kappa shape index (κ3) is 6.32. The van der Waals surface area contributed by atoms with Crippen molar-refractivity contribution in [3.63, 3.8) is 0 Å². The third-order valence-corrected chi connectivity index (χ3v) is 19.7. The van der Waals surface area contributed by atoms with Crippen molar-refractivity contribution in [2.75, 3.05) is 9.80 Å². The van der Waals surface area contributed by atoms with Gasteiger partial charge in [0.1, 0.15) is 11.2 Å². The summed E-state index contributed by atoms with van der Waals surface area (Å²) in [7, 11) is -2.93. The van der Waals surface area contributed by atoms with Gasteiger partial charge in [0.25, 0.3) is 0 Å². The van der Waals surface area contributed by atoms with Crippen LogP contribution in [-0.2, 0) is 0 Å². The summed E-state index contributed by atoms with van der Waals surface area (Å²) >= 11 is 0. The monoisotopic (exact) mass is 888 g/mol. The van der Waals surface area contributed by atoms with Crippen molar-refractivity contribution in [2.24, 2.45) is 0 Å². The van der Waals surface area contributed by atoms with E-state index in [1.54, 1.807) is 0 Å². The Morgan fingerprint density at radius 1 is 0.426 bits per heavy atom. The maximum atomic E-state index is 6.44. The van der Waals surface area contributed by atoms with Crippen LogP contribution >= 0.6 is 0 Å². The maximum absolute atomic E-state index is 6.44. The Balaban J connectivity index is 1.09. The zero-order chi connectivity index (χ0) is 45.3. The Morgan fingerprint density at radius 3 is 1.68 bits per heavy atom. The van der Waals surface area contributed by atoms with Gasteiger partial charge in [0, 0.05) is 50.5 Å². The highest BCUT2D eigenvalue weighted by Crippen LogP contribution is 2.49. The molecule has 0 fully saturated rings. The molecule has 0 bridgehead atoms. The fraction of sp³-hybridized carbons (Fsp3) is 0.0625. The van der Waals surface area contributed by atoms with Gasteiger partial charge in [-0.05, 0) is 130 Å². The number of aryl methyl sites for hydroxylation is 2. The van der Waals surface area contributed by atoms with Crippen LogP contribution < -0.4 is 25.4 Å². The normalized spacial score (nSPS) is 15.0. The van der Waals surface area contributed by atoms with Gasteiger partial charge < -0.3 is 14.2 Å². The van der Waals surface area contributed by atoms with Gasteiger partial charge in [-0.1, -0.05) is 180 Å². The van der Waals surface area contributed by atoms with E-state index in [1.165, 1.54) is 64.7 Å². The number of benzene rings is 10. The van der Waals surface area contributed by atoms with Crippen molar-refractivity contribution in [1.82, 2.24) is 0 Å². The molecule has 1 aliphatic carbocycles. The van der Waals surface area contributed by atoms with Crippen molar-refractivity contribution in [2.45, 2.75) is 26.2 Å². The highest BCUT2D eigenvalue weighted by Gasteiger charge is 2.53. The van der Waals surface area contributed by atoms with Gasteiger partial charge in [-0.25, -0.2) is 0 Å².